The lowest BCUT2D eigenvalue weighted by Crippen LogP contribution is -2.26. The number of benzene rings is 3. The number of hydrogen-bond donors (Lipinski definition) is 1. The van der Waals surface area contributed by atoms with Crippen LogP contribution in [0.1, 0.15) is 29.9 Å². The maximum absolute atomic E-state index is 12.8. The number of ether oxygens (including phenoxy) is 1. The van der Waals surface area contributed by atoms with Crippen molar-refractivity contribution >= 4 is 11.6 Å². The minimum Gasteiger partial charge on any atom is -0.508 e. The van der Waals surface area contributed by atoms with Crippen LogP contribution in [0.25, 0.3) is 0 Å². The monoisotopic (exact) mass is 375 g/mol. The number of carbonyl (C=O) groups is 1. The van der Waals surface area contributed by atoms with Gasteiger partial charge < -0.3 is 14.7 Å². The van der Waals surface area contributed by atoms with E-state index >= 15 is 0 Å². The lowest BCUT2D eigenvalue weighted by molar-refractivity contribution is -0.118. The summed E-state index contributed by atoms with van der Waals surface area (Å²) < 4.78 is 5.33. The molecule has 1 amide bonds. The van der Waals surface area contributed by atoms with Crippen molar-refractivity contribution in [2.24, 2.45) is 0 Å². The van der Waals surface area contributed by atoms with E-state index in [9.17, 15) is 9.90 Å². The van der Waals surface area contributed by atoms with E-state index in [1.807, 2.05) is 66.7 Å². The Morgan fingerprint density at radius 3 is 2.29 bits per heavy atom. The van der Waals surface area contributed by atoms with Gasteiger partial charge in [0.05, 0.1) is 7.11 Å². The van der Waals surface area contributed by atoms with Gasteiger partial charge in [0.1, 0.15) is 11.5 Å². The van der Waals surface area contributed by atoms with Crippen molar-refractivity contribution in [3.63, 3.8) is 0 Å². The second kappa shape index (κ2) is 9.09. The van der Waals surface area contributed by atoms with E-state index in [2.05, 4.69) is 0 Å². The van der Waals surface area contributed by atoms with Gasteiger partial charge in [-0.25, -0.2) is 0 Å². The van der Waals surface area contributed by atoms with Crippen LogP contribution in [0.15, 0.2) is 78.9 Å². The number of methoxy groups -OCH3 is 1. The van der Waals surface area contributed by atoms with E-state index in [1.165, 1.54) is 0 Å². The second-order valence-electron chi connectivity index (χ2n) is 6.71. The Kier molecular flexibility index (Phi) is 6.33. The molecule has 28 heavy (non-hydrogen) atoms. The van der Waals surface area contributed by atoms with Gasteiger partial charge in [-0.15, -0.1) is 0 Å². The Bertz CT molecular complexity index is 910. The summed E-state index contributed by atoms with van der Waals surface area (Å²) >= 11 is 0. The van der Waals surface area contributed by atoms with Gasteiger partial charge in [0.25, 0.3) is 0 Å². The van der Waals surface area contributed by atoms with Crippen LogP contribution < -0.4 is 9.64 Å². The topological polar surface area (TPSA) is 49.8 Å². The number of amides is 1. The summed E-state index contributed by atoms with van der Waals surface area (Å²) in [6.07, 6.45) is 0.947. The van der Waals surface area contributed by atoms with Crippen LogP contribution in [-0.2, 0) is 4.79 Å². The van der Waals surface area contributed by atoms with Gasteiger partial charge in [0, 0.05) is 30.6 Å². The number of nitrogens with zero attached hydrogens (tertiary/aromatic N) is 1. The number of rotatable bonds is 7. The zero-order chi connectivity index (χ0) is 19.9. The highest BCUT2D eigenvalue weighted by Crippen LogP contribution is 2.37. The molecule has 4 heteroatoms. The largest absolute Gasteiger partial charge is 0.508 e. The quantitative estimate of drug-likeness (QED) is 0.634. The van der Waals surface area contributed by atoms with Crippen molar-refractivity contribution < 1.29 is 14.6 Å². The molecule has 4 nitrogen and oxygen atoms in total. The number of aromatic hydroxyl groups is 1. The SMILES string of the molecule is COc1ccc(O)c(C(CCC(=O)N(C)c2ccccc2)c2ccccc2)c1. The van der Waals surface area contributed by atoms with E-state index in [1.54, 1.807) is 31.2 Å². The Labute approximate surface area is 166 Å². The van der Waals surface area contributed by atoms with E-state index in [-0.39, 0.29) is 17.6 Å². The highest BCUT2D eigenvalue weighted by Gasteiger charge is 2.21. The molecular weight excluding hydrogens is 350 g/mol. The molecule has 0 aliphatic heterocycles. The first-order valence-electron chi connectivity index (χ1n) is 9.33. The number of anilines is 1. The molecule has 1 unspecified atom stereocenters. The van der Waals surface area contributed by atoms with Crippen molar-refractivity contribution in [3.8, 4) is 11.5 Å². The van der Waals surface area contributed by atoms with E-state index in [4.69, 9.17) is 4.74 Å². The number of para-hydroxylation sites is 1. The molecule has 0 spiro atoms. The smallest absolute Gasteiger partial charge is 0.226 e. The number of carbonyl (C=O) groups excluding carboxylic acids is 1. The molecule has 0 aliphatic rings. The van der Waals surface area contributed by atoms with Crippen LogP contribution in [0.4, 0.5) is 5.69 Å². The molecule has 0 heterocycles. The predicted molar refractivity (Wildman–Crippen MR) is 112 cm³/mol. The van der Waals surface area contributed by atoms with E-state index in [0.29, 0.717) is 18.6 Å². The maximum Gasteiger partial charge on any atom is 0.226 e. The third kappa shape index (κ3) is 4.52. The molecule has 1 N–H and O–H groups in total. The minimum absolute atomic E-state index is 0.0366. The first kappa shape index (κ1) is 19.5. The summed E-state index contributed by atoms with van der Waals surface area (Å²) in [5.74, 6) is 0.818. The average Bonchev–Trinajstić information content (AvgIpc) is 2.75. The van der Waals surface area contributed by atoms with Gasteiger partial charge in [0.2, 0.25) is 5.91 Å². The van der Waals surface area contributed by atoms with Crippen molar-refractivity contribution in [2.75, 3.05) is 19.1 Å². The molecule has 3 rings (SSSR count). The fourth-order valence-corrected chi connectivity index (χ4v) is 3.36. The summed E-state index contributed by atoms with van der Waals surface area (Å²) in [5.41, 5.74) is 2.69. The molecular formula is C24H25NO3. The summed E-state index contributed by atoms with van der Waals surface area (Å²) in [4.78, 5) is 14.4. The first-order chi connectivity index (χ1) is 13.6. The van der Waals surface area contributed by atoms with E-state index in [0.717, 1.165) is 16.8 Å². The Morgan fingerprint density at radius 2 is 1.64 bits per heavy atom. The molecule has 144 valence electrons. The molecule has 0 saturated heterocycles. The van der Waals surface area contributed by atoms with Crippen LogP contribution in [0, 0.1) is 0 Å². The molecule has 0 saturated carbocycles. The third-order valence-corrected chi connectivity index (χ3v) is 4.98. The second-order valence-corrected chi connectivity index (χ2v) is 6.71. The first-order valence-corrected chi connectivity index (χ1v) is 9.33. The van der Waals surface area contributed by atoms with Gasteiger partial charge in [-0.2, -0.15) is 0 Å². The summed E-state index contributed by atoms with van der Waals surface area (Å²) in [6.45, 7) is 0. The Balaban J connectivity index is 1.84. The molecule has 0 fully saturated rings. The number of phenols is 1. The molecule has 3 aromatic rings. The van der Waals surface area contributed by atoms with Crippen LogP contribution in [-0.4, -0.2) is 25.2 Å². The van der Waals surface area contributed by atoms with E-state index < -0.39 is 0 Å². The number of hydrogen-bond acceptors (Lipinski definition) is 3. The summed E-state index contributed by atoms with van der Waals surface area (Å²) in [7, 11) is 3.39. The van der Waals surface area contributed by atoms with Crippen LogP contribution >= 0.6 is 0 Å². The van der Waals surface area contributed by atoms with Crippen LogP contribution in [0.3, 0.4) is 0 Å². The molecule has 0 aromatic heterocycles. The zero-order valence-electron chi connectivity index (χ0n) is 16.2. The molecule has 0 aliphatic carbocycles. The lowest BCUT2D eigenvalue weighted by atomic mass is 9.86. The summed E-state index contributed by atoms with van der Waals surface area (Å²) in [6, 6.07) is 24.8. The molecule has 0 bridgehead atoms. The van der Waals surface area contributed by atoms with Crippen molar-refractivity contribution in [3.05, 3.63) is 90.0 Å². The number of phenolic OH excluding ortho intramolecular Hbond substituents is 1. The third-order valence-electron chi connectivity index (χ3n) is 4.98. The van der Waals surface area contributed by atoms with Crippen molar-refractivity contribution in [1.82, 2.24) is 0 Å². The normalized spacial score (nSPS) is 11.6. The van der Waals surface area contributed by atoms with Gasteiger partial charge in [-0.3, -0.25) is 4.79 Å². The van der Waals surface area contributed by atoms with Crippen molar-refractivity contribution in [2.45, 2.75) is 18.8 Å². The maximum atomic E-state index is 12.8. The highest BCUT2D eigenvalue weighted by molar-refractivity contribution is 5.92. The average molecular weight is 375 g/mol. The fourth-order valence-electron chi connectivity index (χ4n) is 3.36. The molecule has 1 atom stereocenters. The Hall–Kier alpha value is -3.27. The molecule has 3 aromatic carbocycles. The predicted octanol–water partition coefficient (Wildman–Crippen LogP) is 4.98. The van der Waals surface area contributed by atoms with Crippen molar-refractivity contribution in [1.29, 1.82) is 0 Å². The Morgan fingerprint density at radius 1 is 1.00 bits per heavy atom. The van der Waals surface area contributed by atoms with Gasteiger partial charge in [-0.05, 0) is 42.3 Å². The van der Waals surface area contributed by atoms with Gasteiger partial charge in [0.15, 0.2) is 0 Å². The zero-order valence-corrected chi connectivity index (χ0v) is 16.2. The molecule has 0 radical (unpaired) electrons. The lowest BCUT2D eigenvalue weighted by Gasteiger charge is -2.22. The van der Waals surface area contributed by atoms with Gasteiger partial charge in [-0.1, -0.05) is 48.5 Å². The standard InChI is InChI=1S/C24H25NO3/c1-25(19-11-7-4-8-12-19)24(27)16-14-21(18-9-5-3-6-10-18)22-17-20(28-2)13-15-23(22)26/h3-13,15,17,21,26H,14,16H2,1-2H3. The summed E-state index contributed by atoms with van der Waals surface area (Å²) in [5, 5.41) is 10.5. The minimum atomic E-state index is -0.107. The van der Waals surface area contributed by atoms with Crippen LogP contribution in [0.5, 0.6) is 11.5 Å². The highest BCUT2D eigenvalue weighted by atomic mass is 16.5. The van der Waals surface area contributed by atoms with Crippen LogP contribution in [0.2, 0.25) is 0 Å². The van der Waals surface area contributed by atoms with Gasteiger partial charge >= 0.3 is 0 Å². The fraction of sp³-hybridized carbons (Fsp3) is 0.208.